The molecule has 0 fully saturated rings. The van der Waals surface area contributed by atoms with E-state index in [2.05, 4.69) is 15.6 Å². The Labute approximate surface area is 110 Å². The van der Waals surface area contributed by atoms with Gasteiger partial charge in [0.2, 0.25) is 10.9 Å². The minimum absolute atomic E-state index is 0.201. The topological polar surface area (TPSA) is 131 Å². The normalized spacial score (nSPS) is 12.6. The second-order valence-corrected chi connectivity index (χ2v) is 4.29. The van der Waals surface area contributed by atoms with Crippen molar-refractivity contribution in [1.82, 2.24) is 4.72 Å². The molecule has 4 N–H and O–H groups in total. The Hall–Kier alpha value is -2.13. The molecule has 0 unspecified atom stereocenters. The fourth-order valence-corrected chi connectivity index (χ4v) is 1.67. The van der Waals surface area contributed by atoms with Crippen LogP contribution in [-0.4, -0.2) is 31.9 Å². The quantitative estimate of drug-likeness (QED) is 0.568. The Kier molecular flexibility index (Phi) is 5.76. The van der Waals surface area contributed by atoms with Crippen LogP contribution in [0, 0.1) is 0 Å². The fourth-order valence-electron chi connectivity index (χ4n) is 1.36. The molecule has 2 rings (SSSR count). The molecular formula is C10H13N3O5S. The molecule has 0 saturated carbocycles. The van der Waals surface area contributed by atoms with Gasteiger partial charge in [0.05, 0.1) is 12.3 Å². The number of thiol groups is 1. The van der Waals surface area contributed by atoms with E-state index < -0.39 is 17.0 Å². The first-order chi connectivity index (χ1) is 8.99. The van der Waals surface area contributed by atoms with Gasteiger partial charge in [-0.2, -0.15) is 0 Å². The van der Waals surface area contributed by atoms with Gasteiger partial charge in [-0.1, -0.05) is 23.4 Å². The van der Waals surface area contributed by atoms with Gasteiger partial charge in [-0.25, -0.2) is 17.9 Å². The highest BCUT2D eigenvalue weighted by atomic mass is 32.2. The zero-order valence-electron chi connectivity index (χ0n) is 9.78. The van der Waals surface area contributed by atoms with Crippen LogP contribution in [0.1, 0.15) is 5.56 Å². The largest absolute Gasteiger partial charge is 0.465 e. The van der Waals surface area contributed by atoms with Crippen molar-refractivity contribution in [3.05, 3.63) is 29.8 Å². The van der Waals surface area contributed by atoms with Gasteiger partial charge in [-0.3, -0.25) is 0 Å². The molecule has 19 heavy (non-hydrogen) atoms. The highest BCUT2D eigenvalue weighted by Gasteiger charge is 2.13. The minimum Gasteiger partial charge on any atom is -0.465 e. The van der Waals surface area contributed by atoms with E-state index in [0.717, 1.165) is 11.3 Å². The molecule has 1 aliphatic heterocycles. The summed E-state index contributed by atoms with van der Waals surface area (Å²) in [6.07, 6.45) is -0.716. The first kappa shape index (κ1) is 14.9. The van der Waals surface area contributed by atoms with Crippen molar-refractivity contribution in [2.45, 2.75) is 6.42 Å². The number of primary amides is 1. The molecule has 0 atom stereocenters. The van der Waals surface area contributed by atoms with Crippen LogP contribution >= 0.6 is 0 Å². The number of nitrogens with zero attached hydrogens (tertiary/aromatic N) is 1. The molecule has 1 heterocycles. The summed E-state index contributed by atoms with van der Waals surface area (Å²) in [5.74, 6) is 0.729. The van der Waals surface area contributed by atoms with Crippen LogP contribution in [-0.2, 0) is 17.3 Å². The molecular weight excluding hydrogens is 274 g/mol. The Balaban J connectivity index is 0.000000399. The second-order valence-electron chi connectivity index (χ2n) is 3.46. The second kappa shape index (κ2) is 7.34. The number of hydrogen-bond acceptors (Lipinski definition) is 5. The number of oxime groups is 1. The molecule has 0 spiro atoms. The molecule has 0 bridgehead atoms. The van der Waals surface area contributed by atoms with Crippen LogP contribution in [0.4, 0.5) is 4.79 Å². The van der Waals surface area contributed by atoms with E-state index in [1.54, 1.807) is 0 Å². The third kappa shape index (κ3) is 5.84. The summed E-state index contributed by atoms with van der Waals surface area (Å²) in [7, 11) is -2.58. The maximum Gasteiger partial charge on any atom is 0.402 e. The third-order valence-electron chi connectivity index (χ3n) is 2.05. The number of hydrogen-bond donors (Lipinski definition) is 4. The molecule has 8 nitrogen and oxygen atoms in total. The van der Waals surface area contributed by atoms with Gasteiger partial charge in [0, 0.05) is 12.0 Å². The SMILES string of the molecule is NC(=O)O.O=[SH](=O)NCC1=NOc2ccccc2C1. The van der Waals surface area contributed by atoms with Crippen LogP contribution in [0.5, 0.6) is 5.75 Å². The summed E-state index contributed by atoms with van der Waals surface area (Å²) < 4.78 is 22.9. The highest BCUT2D eigenvalue weighted by molar-refractivity contribution is 7.70. The van der Waals surface area contributed by atoms with E-state index in [1.807, 2.05) is 24.3 Å². The van der Waals surface area contributed by atoms with E-state index >= 15 is 0 Å². The van der Waals surface area contributed by atoms with Gasteiger partial charge in [0.15, 0.2) is 5.75 Å². The van der Waals surface area contributed by atoms with Gasteiger partial charge in [-0.05, 0) is 6.07 Å². The Bertz CT molecular complexity index is 544. The standard InChI is InChI=1S/C9H10N2O3S.CH3NO2/c12-15(13)10-6-8-5-7-3-1-2-4-9(7)14-11-8;2-1(3)4/h1-4,15H,5-6H2,(H,10,12,13);2H2,(H,3,4). The third-order valence-corrected chi connectivity index (χ3v) is 2.47. The number of fused-ring (bicyclic) bond motifs is 1. The zero-order valence-corrected chi connectivity index (χ0v) is 10.7. The average Bonchev–Trinajstić information content (AvgIpc) is 2.35. The van der Waals surface area contributed by atoms with Crippen LogP contribution in [0.3, 0.4) is 0 Å². The van der Waals surface area contributed by atoms with E-state index in [-0.39, 0.29) is 6.54 Å². The number of nitrogens with one attached hydrogen (secondary N) is 1. The molecule has 104 valence electrons. The van der Waals surface area contributed by atoms with Crippen molar-refractivity contribution < 1.29 is 23.2 Å². The number of benzene rings is 1. The maximum atomic E-state index is 10.3. The average molecular weight is 287 g/mol. The summed E-state index contributed by atoms with van der Waals surface area (Å²) in [5, 5.41) is 11.0. The van der Waals surface area contributed by atoms with E-state index in [9.17, 15) is 8.42 Å². The summed E-state index contributed by atoms with van der Waals surface area (Å²) in [4.78, 5) is 13.9. The van der Waals surface area contributed by atoms with Crippen LogP contribution < -0.4 is 15.3 Å². The Morgan fingerprint density at radius 2 is 2.11 bits per heavy atom. The zero-order chi connectivity index (χ0) is 14.3. The monoisotopic (exact) mass is 287 g/mol. The predicted octanol–water partition coefficient (Wildman–Crippen LogP) is -0.283. The van der Waals surface area contributed by atoms with Gasteiger partial charge in [0.25, 0.3) is 0 Å². The lowest BCUT2D eigenvalue weighted by Crippen LogP contribution is -2.25. The molecule has 1 amide bonds. The summed E-state index contributed by atoms with van der Waals surface area (Å²) in [6.45, 7) is 0.201. The van der Waals surface area contributed by atoms with Gasteiger partial charge >= 0.3 is 6.09 Å². The molecule has 0 saturated heterocycles. The van der Waals surface area contributed by atoms with Crippen molar-refractivity contribution in [3.8, 4) is 5.75 Å². The molecule has 0 radical (unpaired) electrons. The lowest BCUT2D eigenvalue weighted by atomic mass is 10.1. The van der Waals surface area contributed by atoms with Crippen molar-refractivity contribution in [2.75, 3.05) is 6.54 Å². The molecule has 1 aromatic rings. The highest BCUT2D eigenvalue weighted by Crippen LogP contribution is 2.22. The number of amides is 1. The molecule has 0 aliphatic carbocycles. The lowest BCUT2D eigenvalue weighted by molar-refractivity contribution is 0.205. The Morgan fingerprint density at radius 3 is 2.74 bits per heavy atom. The van der Waals surface area contributed by atoms with E-state index in [1.165, 1.54) is 0 Å². The van der Waals surface area contributed by atoms with Crippen molar-refractivity contribution in [3.63, 3.8) is 0 Å². The molecule has 9 heteroatoms. The van der Waals surface area contributed by atoms with Crippen LogP contribution in [0.25, 0.3) is 0 Å². The Morgan fingerprint density at radius 1 is 1.47 bits per heavy atom. The van der Waals surface area contributed by atoms with Crippen molar-refractivity contribution >= 4 is 22.7 Å². The summed E-state index contributed by atoms with van der Waals surface area (Å²) in [6, 6.07) is 7.54. The predicted molar refractivity (Wildman–Crippen MR) is 68.7 cm³/mol. The summed E-state index contributed by atoms with van der Waals surface area (Å²) >= 11 is 0. The smallest absolute Gasteiger partial charge is 0.402 e. The number of rotatable bonds is 3. The first-order valence-electron chi connectivity index (χ1n) is 5.16. The van der Waals surface area contributed by atoms with Gasteiger partial charge < -0.3 is 15.7 Å². The molecule has 1 aliphatic rings. The van der Waals surface area contributed by atoms with Gasteiger partial charge in [-0.15, -0.1) is 0 Å². The first-order valence-corrected chi connectivity index (χ1v) is 6.33. The number of carbonyl (C=O) groups is 1. The number of nitrogens with two attached hydrogens (primary N) is 1. The fraction of sp³-hybridized carbons (Fsp3) is 0.200. The number of para-hydroxylation sites is 1. The van der Waals surface area contributed by atoms with E-state index in [0.29, 0.717) is 12.1 Å². The van der Waals surface area contributed by atoms with Gasteiger partial charge in [0.1, 0.15) is 0 Å². The minimum atomic E-state index is -2.58. The van der Waals surface area contributed by atoms with Crippen LogP contribution in [0.2, 0.25) is 0 Å². The van der Waals surface area contributed by atoms with Crippen molar-refractivity contribution in [2.24, 2.45) is 10.9 Å². The summed E-state index contributed by atoms with van der Waals surface area (Å²) in [5.41, 5.74) is 5.72. The molecule has 1 aromatic carbocycles. The lowest BCUT2D eigenvalue weighted by Gasteiger charge is -2.14. The van der Waals surface area contributed by atoms with Crippen molar-refractivity contribution in [1.29, 1.82) is 0 Å². The maximum absolute atomic E-state index is 10.3. The number of carboxylic acid groups (broad SMARTS) is 1. The van der Waals surface area contributed by atoms with E-state index in [4.69, 9.17) is 14.7 Å². The van der Waals surface area contributed by atoms with Crippen LogP contribution in [0.15, 0.2) is 29.4 Å². The molecule has 0 aromatic heterocycles.